The fourth-order valence-corrected chi connectivity index (χ4v) is 2.17. The van der Waals surface area contributed by atoms with Crippen LogP contribution in [0.1, 0.15) is 26.3 Å². The highest BCUT2D eigenvalue weighted by molar-refractivity contribution is 9.10. The zero-order valence-electron chi connectivity index (χ0n) is 13.0. The average molecular weight is 393 g/mol. The van der Waals surface area contributed by atoms with Crippen molar-refractivity contribution < 1.29 is 9.59 Å². The first-order valence-electron chi connectivity index (χ1n) is 6.96. The van der Waals surface area contributed by atoms with E-state index in [-0.39, 0.29) is 36.7 Å². The maximum Gasteiger partial charge on any atom is 0.243 e. The second-order valence-electron chi connectivity index (χ2n) is 5.19. The summed E-state index contributed by atoms with van der Waals surface area (Å²) in [7, 11) is 0. The van der Waals surface area contributed by atoms with Crippen LogP contribution >= 0.6 is 28.3 Å². The molecule has 4 N–H and O–H groups in total. The van der Waals surface area contributed by atoms with E-state index in [1.807, 2.05) is 39.0 Å². The van der Waals surface area contributed by atoms with Gasteiger partial charge in [0.15, 0.2) is 0 Å². The van der Waals surface area contributed by atoms with Crippen molar-refractivity contribution in [1.29, 1.82) is 0 Å². The number of hydrogen-bond acceptors (Lipinski definition) is 3. The summed E-state index contributed by atoms with van der Waals surface area (Å²) < 4.78 is 0.966. The van der Waals surface area contributed by atoms with Crippen LogP contribution in [0.2, 0.25) is 0 Å². The molecular weight excluding hydrogens is 370 g/mol. The molecule has 1 rings (SSSR count). The topological polar surface area (TPSA) is 84.2 Å². The van der Waals surface area contributed by atoms with E-state index in [0.29, 0.717) is 0 Å². The van der Waals surface area contributed by atoms with Gasteiger partial charge in [-0.2, -0.15) is 0 Å². The van der Waals surface area contributed by atoms with Gasteiger partial charge in [-0.1, -0.05) is 36.7 Å². The molecule has 0 saturated carbocycles. The third kappa shape index (κ3) is 6.34. The smallest absolute Gasteiger partial charge is 0.243 e. The molecule has 0 unspecified atom stereocenters. The Morgan fingerprint density at radius 1 is 1.32 bits per heavy atom. The van der Waals surface area contributed by atoms with E-state index in [0.717, 1.165) is 22.1 Å². The third-order valence-corrected chi connectivity index (χ3v) is 3.66. The van der Waals surface area contributed by atoms with Crippen LogP contribution in [0.15, 0.2) is 22.7 Å². The van der Waals surface area contributed by atoms with Crippen molar-refractivity contribution in [3.05, 3.63) is 28.2 Å². The maximum atomic E-state index is 11.9. The average Bonchev–Trinajstić information content (AvgIpc) is 2.45. The molecule has 0 fully saturated rings. The number of anilines is 1. The number of carbonyl (C=O) groups excluding carboxylic acids is 2. The molecule has 1 atom stereocenters. The summed E-state index contributed by atoms with van der Waals surface area (Å²) in [6.45, 7) is 5.65. The van der Waals surface area contributed by atoms with Crippen LogP contribution in [0, 0.1) is 5.92 Å². The van der Waals surface area contributed by atoms with Gasteiger partial charge in [0.05, 0.1) is 12.6 Å². The Morgan fingerprint density at radius 3 is 2.50 bits per heavy atom. The molecule has 0 aliphatic rings. The van der Waals surface area contributed by atoms with Crippen LogP contribution in [-0.4, -0.2) is 24.4 Å². The first kappa shape index (κ1) is 20.9. The highest BCUT2D eigenvalue weighted by atomic mass is 79.9. The van der Waals surface area contributed by atoms with Gasteiger partial charge in [-0.05, 0) is 36.1 Å². The molecule has 22 heavy (non-hydrogen) atoms. The van der Waals surface area contributed by atoms with Crippen molar-refractivity contribution >= 4 is 45.8 Å². The molecule has 0 radical (unpaired) electrons. The minimum absolute atomic E-state index is 0. The molecule has 1 aromatic carbocycles. The van der Waals surface area contributed by atoms with Gasteiger partial charge in [0.25, 0.3) is 0 Å². The van der Waals surface area contributed by atoms with Crippen LogP contribution in [-0.2, 0) is 16.0 Å². The van der Waals surface area contributed by atoms with E-state index in [9.17, 15) is 9.59 Å². The third-order valence-electron chi connectivity index (χ3n) is 3.17. The fraction of sp³-hybridized carbons (Fsp3) is 0.467. The Bertz CT molecular complexity index is 524. The van der Waals surface area contributed by atoms with Crippen molar-refractivity contribution in [2.45, 2.75) is 33.2 Å². The Balaban J connectivity index is 0.00000441. The molecule has 2 amide bonds. The van der Waals surface area contributed by atoms with Crippen LogP contribution in [0.25, 0.3) is 0 Å². The van der Waals surface area contributed by atoms with Crippen molar-refractivity contribution in [3.8, 4) is 0 Å². The fourth-order valence-electron chi connectivity index (χ4n) is 1.76. The standard InChI is InChI=1S/C15H22BrN3O2.ClH/c1-4-10-7-11(16)5-6-12(10)19-13(20)8-18-15(21)14(17)9(2)3;/h5-7,9,14H,4,8,17H2,1-3H3,(H,18,21)(H,19,20);1H/t14-;/m0./s1. The second-order valence-corrected chi connectivity index (χ2v) is 6.11. The Kier molecular flexibility index (Phi) is 9.32. The first-order chi connectivity index (χ1) is 9.85. The van der Waals surface area contributed by atoms with E-state index >= 15 is 0 Å². The Morgan fingerprint density at radius 2 is 1.95 bits per heavy atom. The van der Waals surface area contributed by atoms with Crippen LogP contribution in [0.4, 0.5) is 5.69 Å². The summed E-state index contributed by atoms with van der Waals surface area (Å²) in [6, 6.07) is 5.06. The summed E-state index contributed by atoms with van der Waals surface area (Å²) in [5.74, 6) is -0.547. The van der Waals surface area contributed by atoms with Crippen molar-refractivity contribution in [2.24, 2.45) is 11.7 Å². The lowest BCUT2D eigenvalue weighted by atomic mass is 10.1. The molecule has 0 bridgehead atoms. The first-order valence-corrected chi connectivity index (χ1v) is 7.76. The van der Waals surface area contributed by atoms with Gasteiger partial charge in [0.1, 0.15) is 0 Å². The minimum Gasteiger partial charge on any atom is -0.346 e. The lowest BCUT2D eigenvalue weighted by Gasteiger charge is -2.15. The van der Waals surface area contributed by atoms with E-state index in [2.05, 4.69) is 26.6 Å². The highest BCUT2D eigenvalue weighted by Crippen LogP contribution is 2.21. The summed E-state index contributed by atoms with van der Waals surface area (Å²) in [4.78, 5) is 23.6. The SMILES string of the molecule is CCc1cc(Br)ccc1NC(=O)CNC(=O)[C@@H](N)C(C)C.Cl. The van der Waals surface area contributed by atoms with Crippen LogP contribution in [0.3, 0.4) is 0 Å². The molecule has 0 aliphatic heterocycles. The van der Waals surface area contributed by atoms with Crippen LogP contribution < -0.4 is 16.4 Å². The minimum atomic E-state index is -0.600. The summed E-state index contributed by atoms with van der Waals surface area (Å²) in [5.41, 5.74) is 7.50. The summed E-state index contributed by atoms with van der Waals surface area (Å²) in [6.07, 6.45) is 0.805. The zero-order valence-corrected chi connectivity index (χ0v) is 15.4. The predicted molar refractivity (Wildman–Crippen MR) is 95.2 cm³/mol. The number of rotatable bonds is 6. The number of nitrogens with one attached hydrogen (secondary N) is 2. The molecular formula is C15H23BrClN3O2. The molecule has 1 aromatic rings. The normalized spacial score (nSPS) is 11.5. The van der Waals surface area contributed by atoms with Gasteiger partial charge in [-0.25, -0.2) is 0 Å². The highest BCUT2D eigenvalue weighted by Gasteiger charge is 2.17. The van der Waals surface area contributed by atoms with Crippen molar-refractivity contribution in [1.82, 2.24) is 5.32 Å². The number of benzene rings is 1. The number of nitrogens with two attached hydrogens (primary N) is 1. The number of aryl methyl sites for hydroxylation is 1. The molecule has 0 saturated heterocycles. The molecule has 0 aromatic heterocycles. The lowest BCUT2D eigenvalue weighted by Crippen LogP contribution is -2.46. The second kappa shape index (κ2) is 9.82. The van der Waals surface area contributed by atoms with E-state index in [4.69, 9.17) is 5.73 Å². The van der Waals surface area contributed by atoms with Gasteiger partial charge < -0.3 is 16.4 Å². The van der Waals surface area contributed by atoms with Crippen molar-refractivity contribution in [2.75, 3.05) is 11.9 Å². The number of carbonyl (C=O) groups is 2. The van der Waals surface area contributed by atoms with Crippen LogP contribution in [0.5, 0.6) is 0 Å². The van der Waals surface area contributed by atoms with Gasteiger partial charge >= 0.3 is 0 Å². The van der Waals surface area contributed by atoms with Gasteiger partial charge in [0.2, 0.25) is 11.8 Å². The van der Waals surface area contributed by atoms with E-state index in [1.165, 1.54) is 0 Å². The molecule has 5 nitrogen and oxygen atoms in total. The predicted octanol–water partition coefficient (Wildman–Crippen LogP) is 2.47. The Hall–Kier alpha value is -1.11. The van der Waals surface area contributed by atoms with E-state index < -0.39 is 6.04 Å². The van der Waals surface area contributed by atoms with E-state index in [1.54, 1.807) is 0 Å². The summed E-state index contributed by atoms with van der Waals surface area (Å²) >= 11 is 3.40. The summed E-state index contributed by atoms with van der Waals surface area (Å²) in [5, 5.41) is 5.34. The monoisotopic (exact) mass is 391 g/mol. The quantitative estimate of drug-likeness (QED) is 0.695. The molecule has 7 heteroatoms. The largest absolute Gasteiger partial charge is 0.346 e. The lowest BCUT2D eigenvalue weighted by molar-refractivity contribution is -0.125. The van der Waals surface area contributed by atoms with Gasteiger partial charge in [-0.3, -0.25) is 9.59 Å². The molecule has 0 aliphatic carbocycles. The van der Waals surface area contributed by atoms with Gasteiger partial charge in [-0.15, -0.1) is 12.4 Å². The molecule has 0 heterocycles. The molecule has 0 spiro atoms. The number of amides is 2. The maximum absolute atomic E-state index is 11.9. The zero-order chi connectivity index (χ0) is 16.0. The van der Waals surface area contributed by atoms with Crippen molar-refractivity contribution in [3.63, 3.8) is 0 Å². The molecule has 124 valence electrons. The Labute approximate surface area is 145 Å². The number of hydrogen-bond donors (Lipinski definition) is 3. The number of halogens is 2. The van der Waals surface area contributed by atoms with Gasteiger partial charge in [0, 0.05) is 10.2 Å².